The zero-order valence-electron chi connectivity index (χ0n) is 14.8. The molecule has 0 saturated carbocycles. The molecule has 24 heavy (non-hydrogen) atoms. The molecule has 0 aliphatic rings. The van der Waals surface area contributed by atoms with E-state index in [9.17, 15) is 5.26 Å². The van der Waals surface area contributed by atoms with Crippen LogP contribution in [0.1, 0.15) is 38.4 Å². The second kappa shape index (κ2) is 7.46. The highest BCUT2D eigenvalue weighted by Crippen LogP contribution is 2.27. The molecule has 126 valence electrons. The van der Waals surface area contributed by atoms with Crippen molar-refractivity contribution in [2.75, 3.05) is 6.61 Å². The summed E-state index contributed by atoms with van der Waals surface area (Å²) in [7, 11) is 0. The minimum absolute atomic E-state index is 0.383. The van der Waals surface area contributed by atoms with Gasteiger partial charge in [0, 0.05) is 17.4 Å². The van der Waals surface area contributed by atoms with E-state index in [1.165, 1.54) is 0 Å². The van der Waals surface area contributed by atoms with Gasteiger partial charge in [-0.25, -0.2) is 0 Å². The number of nitriles is 1. The van der Waals surface area contributed by atoms with Gasteiger partial charge in [0.2, 0.25) is 0 Å². The van der Waals surface area contributed by atoms with Crippen molar-refractivity contribution >= 4 is 0 Å². The summed E-state index contributed by atoms with van der Waals surface area (Å²) in [5, 5.41) is 9.45. The largest absolute Gasteiger partial charge is 0.490 e. The third-order valence-electron chi connectivity index (χ3n) is 3.76. The molecule has 0 amide bonds. The Hall–Kier alpha value is -2.38. The summed E-state index contributed by atoms with van der Waals surface area (Å²) in [4.78, 5) is 4.20. The van der Waals surface area contributed by atoms with Crippen LogP contribution < -0.4 is 10.5 Å². The first-order valence-electron chi connectivity index (χ1n) is 8.19. The minimum atomic E-state index is -0.415. The lowest BCUT2D eigenvalue weighted by molar-refractivity contribution is 0.206. The second-order valence-electron chi connectivity index (χ2n) is 7.05. The SMILES string of the molecule is Cc1cc(-c2ccc(OC[C@@](C)(N)CC(C)C)c(C#N)c2)ccn1. The van der Waals surface area contributed by atoms with Gasteiger partial charge in [-0.05, 0) is 61.6 Å². The van der Waals surface area contributed by atoms with Crippen LogP contribution in [0.3, 0.4) is 0 Å². The van der Waals surface area contributed by atoms with Gasteiger partial charge >= 0.3 is 0 Å². The number of pyridine rings is 1. The van der Waals surface area contributed by atoms with Crippen molar-refractivity contribution in [1.29, 1.82) is 5.26 Å². The van der Waals surface area contributed by atoms with Crippen LogP contribution in [0.15, 0.2) is 36.5 Å². The Kier molecular flexibility index (Phi) is 5.58. The molecule has 1 aromatic heterocycles. The summed E-state index contributed by atoms with van der Waals surface area (Å²) in [6, 6.07) is 11.8. The Morgan fingerprint density at radius 1 is 1.25 bits per heavy atom. The van der Waals surface area contributed by atoms with Crippen LogP contribution in [0, 0.1) is 24.2 Å². The molecule has 4 nitrogen and oxygen atoms in total. The van der Waals surface area contributed by atoms with Crippen molar-refractivity contribution < 1.29 is 4.74 Å². The fourth-order valence-corrected chi connectivity index (χ4v) is 2.88. The molecule has 0 bridgehead atoms. The zero-order valence-corrected chi connectivity index (χ0v) is 14.8. The Morgan fingerprint density at radius 3 is 2.58 bits per heavy atom. The predicted octanol–water partition coefficient (Wildman–Crippen LogP) is 4.07. The van der Waals surface area contributed by atoms with Crippen LogP contribution in [0.4, 0.5) is 0 Å². The summed E-state index contributed by atoms with van der Waals surface area (Å²) in [5.41, 5.74) is 9.33. The van der Waals surface area contributed by atoms with Crippen molar-refractivity contribution in [2.24, 2.45) is 11.7 Å². The van der Waals surface area contributed by atoms with E-state index in [2.05, 4.69) is 24.9 Å². The molecule has 0 saturated heterocycles. The molecule has 1 aromatic carbocycles. The van der Waals surface area contributed by atoms with Crippen molar-refractivity contribution in [3.63, 3.8) is 0 Å². The van der Waals surface area contributed by atoms with Gasteiger partial charge in [-0.15, -0.1) is 0 Å². The number of aromatic nitrogens is 1. The minimum Gasteiger partial charge on any atom is -0.490 e. The highest BCUT2D eigenvalue weighted by Gasteiger charge is 2.21. The van der Waals surface area contributed by atoms with Gasteiger partial charge in [0.15, 0.2) is 0 Å². The molecule has 0 aliphatic heterocycles. The molecular formula is C20H25N3O. The number of nitrogens with two attached hydrogens (primary N) is 1. The van der Waals surface area contributed by atoms with Crippen molar-refractivity contribution in [2.45, 2.75) is 39.7 Å². The quantitative estimate of drug-likeness (QED) is 0.869. The van der Waals surface area contributed by atoms with Gasteiger partial charge in [0.05, 0.1) is 5.56 Å². The first-order chi connectivity index (χ1) is 11.3. The van der Waals surface area contributed by atoms with Crippen LogP contribution in [0.2, 0.25) is 0 Å². The third-order valence-corrected chi connectivity index (χ3v) is 3.76. The molecule has 0 unspecified atom stereocenters. The highest BCUT2D eigenvalue weighted by atomic mass is 16.5. The van der Waals surface area contributed by atoms with Gasteiger partial charge in [0.1, 0.15) is 18.4 Å². The maximum absolute atomic E-state index is 9.45. The number of aryl methyl sites for hydroxylation is 1. The first-order valence-corrected chi connectivity index (χ1v) is 8.19. The molecule has 0 radical (unpaired) electrons. The number of ether oxygens (including phenoxy) is 1. The Morgan fingerprint density at radius 2 is 1.96 bits per heavy atom. The van der Waals surface area contributed by atoms with Crippen LogP contribution in [-0.2, 0) is 0 Å². The van der Waals surface area contributed by atoms with Crippen LogP contribution in [0.5, 0.6) is 5.75 Å². The molecule has 1 heterocycles. The van der Waals surface area contributed by atoms with E-state index in [1.807, 2.05) is 44.2 Å². The smallest absolute Gasteiger partial charge is 0.137 e. The lowest BCUT2D eigenvalue weighted by Crippen LogP contribution is -2.43. The molecule has 2 N–H and O–H groups in total. The molecule has 2 rings (SSSR count). The van der Waals surface area contributed by atoms with Crippen molar-refractivity contribution in [3.05, 3.63) is 47.8 Å². The van der Waals surface area contributed by atoms with Gasteiger partial charge in [-0.2, -0.15) is 5.26 Å². The summed E-state index contributed by atoms with van der Waals surface area (Å²) >= 11 is 0. The third kappa shape index (κ3) is 4.81. The van der Waals surface area contributed by atoms with Crippen molar-refractivity contribution in [3.8, 4) is 22.9 Å². The first kappa shape index (κ1) is 18.0. The normalized spacial score (nSPS) is 13.4. The monoisotopic (exact) mass is 323 g/mol. The maximum Gasteiger partial charge on any atom is 0.137 e. The van der Waals surface area contributed by atoms with E-state index in [1.54, 1.807) is 6.20 Å². The molecule has 4 heteroatoms. The standard InChI is InChI=1S/C20H25N3O/c1-14(2)11-20(4,22)13-24-19-6-5-16(10-18(19)12-21)17-7-8-23-15(3)9-17/h5-10,14H,11,13,22H2,1-4H3/t20-/m0/s1. The average Bonchev–Trinajstić information content (AvgIpc) is 2.51. The fraction of sp³-hybridized carbons (Fsp3) is 0.400. The van der Waals surface area contributed by atoms with Gasteiger partial charge in [0.25, 0.3) is 0 Å². The fourth-order valence-electron chi connectivity index (χ4n) is 2.88. The lowest BCUT2D eigenvalue weighted by Gasteiger charge is -2.26. The Labute approximate surface area is 144 Å². The van der Waals surface area contributed by atoms with Crippen LogP contribution >= 0.6 is 0 Å². The van der Waals surface area contributed by atoms with Crippen LogP contribution in [-0.4, -0.2) is 17.1 Å². The number of hydrogen-bond acceptors (Lipinski definition) is 4. The van der Waals surface area contributed by atoms with Gasteiger partial charge in [-0.1, -0.05) is 19.9 Å². The van der Waals surface area contributed by atoms with E-state index >= 15 is 0 Å². The summed E-state index contributed by atoms with van der Waals surface area (Å²) in [5.74, 6) is 1.07. The van der Waals surface area contributed by atoms with Crippen molar-refractivity contribution in [1.82, 2.24) is 4.98 Å². The molecular weight excluding hydrogens is 298 g/mol. The number of hydrogen-bond donors (Lipinski definition) is 1. The maximum atomic E-state index is 9.45. The molecule has 1 atom stereocenters. The zero-order chi connectivity index (χ0) is 17.7. The van der Waals surface area contributed by atoms with Crippen LogP contribution in [0.25, 0.3) is 11.1 Å². The highest BCUT2D eigenvalue weighted by molar-refractivity contribution is 5.67. The Balaban J connectivity index is 2.20. The molecule has 2 aromatic rings. The number of rotatable bonds is 6. The Bertz CT molecular complexity index is 745. The predicted molar refractivity (Wildman–Crippen MR) is 96.7 cm³/mol. The summed E-state index contributed by atoms with van der Waals surface area (Å²) < 4.78 is 5.85. The van der Waals surface area contributed by atoms with E-state index in [-0.39, 0.29) is 0 Å². The topological polar surface area (TPSA) is 71.9 Å². The molecule has 0 aliphatic carbocycles. The summed E-state index contributed by atoms with van der Waals surface area (Å²) in [6.45, 7) is 8.58. The number of benzene rings is 1. The van der Waals surface area contributed by atoms with E-state index in [4.69, 9.17) is 10.5 Å². The number of nitrogens with zero attached hydrogens (tertiary/aromatic N) is 2. The molecule has 0 fully saturated rings. The van der Waals surface area contributed by atoms with E-state index < -0.39 is 5.54 Å². The van der Waals surface area contributed by atoms with E-state index in [0.717, 1.165) is 23.2 Å². The average molecular weight is 323 g/mol. The van der Waals surface area contributed by atoms with Gasteiger partial charge < -0.3 is 10.5 Å². The summed E-state index contributed by atoms with van der Waals surface area (Å²) in [6.07, 6.45) is 2.64. The van der Waals surface area contributed by atoms with E-state index in [0.29, 0.717) is 23.8 Å². The van der Waals surface area contributed by atoms with Gasteiger partial charge in [-0.3, -0.25) is 4.98 Å². The molecule has 0 spiro atoms. The lowest BCUT2D eigenvalue weighted by atomic mass is 9.93. The second-order valence-corrected chi connectivity index (χ2v) is 7.05.